The predicted octanol–water partition coefficient (Wildman–Crippen LogP) is 2.00. The molecule has 0 atom stereocenters. The minimum absolute atomic E-state index is 0.154. The highest BCUT2D eigenvalue weighted by molar-refractivity contribution is 7.99. The molecule has 0 spiro atoms. The molecule has 5 nitrogen and oxygen atoms in total. The maximum absolute atomic E-state index is 12.0. The summed E-state index contributed by atoms with van der Waals surface area (Å²) < 4.78 is 0. The van der Waals surface area contributed by atoms with Crippen molar-refractivity contribution in [3.63, 3.8) is 0 Å². The van der Waals surface area contributed by atoms with Crippen LogP contribution in [0.2, 0.25) is 0 Å². The Hall–Kier alpha value is -1.82. The average molecular weight is 277 g/mol. The Bertz CT molecular complexity index is 528. The quantitative estimate of drug-likeness (QED) is 0.827. The molecule has 0 fully saturated rings. The Morgan fingerprint density at radius 3 is 2.89 bits per heavy atom. The van der Waals surface area contributed by atoms with Crippen molar-refractivity contribution in [1.82, 2.24) is 5.43 Å². The zero-order chi connectivity index (χ0) is 13.7. The molecule has 0 aliphatic carbocycles. The van der Waals surface area contributed by atoms with Crippen LogP contribution in [-0.2, 0) is 9.59 Å². The Labute approximate surface area is 115 Å². The van der Waals surface area contributed by atoms with Gasteiger partial charge in [-0.3, -0.25) is 9.59 Å². The first kappa shape index (κ1) is 13.6. The van der Waals surface area contributed by atoms with Crippen molar-refractivity contribution in [2.24, 2.45) is 5.10 Å². The highest BCUT2D eigenvalue weighted by Crippen LogP contribution is 2.26. The van der Waals surface area contributed by atoms with E-state index < -0.39 is 0 Å². The van der Waals surface area contributed by atoms with Crippen LogP contribution in [0.4, 0.5) is 5.69 Å². The summed E-state index contributed by atoms with van der Waals surface area (Å²) in [6, 6.07) is 7.64. The monoisotopic (exact) mass is 277 g/mol. The summed E-state index contributed by atoms with van der Waals surface area (Å²) in [5.74, 6) is 0.520. The molecule has 6 heteroatoms. The third kappa shape index (κ3) is 3.57. The number of benzene rings is 1. The van der Waals surface area contributed by atoms with Crippen LogP contribution in [0.25, 0.3) is 0 Å². The zero-order valence-corrected chi connectivity index (χ0v) is 11.4. The van der Waals surface area contributed by atoms with Crippen LogP contribution in [0, 0.1) is 0 Å². The first-order valence-electron chi connectivity index (χ1n) is 6.09. The lowest BCUT2D eigenvalue weighted by atomic mass is 10.1. The van der Waals surface area contributed by atoms with Crippen LogP contribution in [-0.4, -0.2) is 23.3 Å². The summed E-state index contributed by atoms with van der Waals surface area (Å²) in [6.07, 6.45) is 0.679. The van der Waals surface area contributed by atoms with E-state index >= 15 is 0 Å². The van der Waals surface area contributed by atoms with E-state index in [2.05, 4.69) is 22.8 Å². The minimum Gasteiger partial charge on any atom is -0.320 e. The first-order valence-corrected chi connectivity index (χ1v) is 7.08. The van der Waals surface area contributed by atoms with Crippen LogP contribution in [0.3, 0.4) is 0 Å². The van der Waals surface area contributed by atoms with Gasteiger partial charge in [-0.25, -0.2) is 5.43 Å². The molecule has 100 valence electrons. The number of carbonyl (C=O) groups excluding carboxylic acids is 2. The first-order chi connectivity index (χ1) is 9.20. The molecule has 2 N–H and O–H groups in total. The second-order valence-corrected chi connectivity index (χ2v) is 5.28. The van der Waals surface area contributed by atoms with Gasteiger partial charge in [-0.2, -0.15) is 5.10 Å². The van der Waals surface area contributed by atoms with E-state index in [9.17, 15) is 9.59 Å². The van der Waals surface area contributed by atoms with Gasteiger partial charge >= 0.3 is 0 Å². The number of hydrogen-bond donors (Lipinski definition) is 2. The third-order valence-corrected chi connectivity index (χ3v) is 3.56. The molecule has 1 aliphatic heterocycles. The number of nitrogens with zero attached hydrogens (tertiary/aromatic N) is 1. The molecule has 1 aromatic carbocycles. The lowest BCUT2D eigenvalue weighted by molar-refractivity contribution is -0.121. The smallest absolute Gasteiger partial charge is 0.271 e. The average Bonchev–Trinajstić information content (AvgIpc) is 2.42. The molecule has 1 heterocycles. The maximum atomic E-state index is 12.0. The Morgan fingerprint density at radius 2 is 2.21 bits per heavy atom. The number of hydrazone groups is 1. The molecule has 0 aromatic heterocycles. The van der Waals surface area contributed by atoms with Crippen molar-refractivity contribution < 1.29 is 9.59 Å². The van der Waals surface area contributed by atoms with Crippen molar-refractivity contribution in [3.05, 3.63) is 24.3 Å². The summed E-state index contributed by atoms with van der Waals surface area (Å²) in [5.41, 5.74) is 3.46. The van der Waals surface area contributed by atoms with E-state index in [1.807, 2.05) is 24.3 Å². The van der Waals surface area contributed by atoms with Gasteiger partial charge in [0.2, 0.25) is 5.91 Å². The Morgan fingerprint density at radius 1 is 1.42 bits per heavy atom. The van der Waals surface area contributed by atoms with Crippen molar-refractivity contribution >= 4 is 35.0 Å². The fraction of sp³-hybridized carbons (Fsp3) is 0.308. The van der Waals surface area contributed by atoms with Gasteiger partial charge in [0.25, 0.3) is 5.91 Å². The van der Waals surface area contributed by atoms with Gasteiger partial charge < -0.3 is 5.32 Å². The molecule has 19 heavy (non-hydrogen) atoms. The molecule has 0 saturated carbocycles. The van der Waals surface area contributed by atoms with Crippen LogP contribution >= 0.6 is 11.8 Å². The molecule has 1 aliphatic rings. The molecule has 0 saturated heterocycles. The number of nitrogens with one attached hydrogen (secondary N) is 2. The summed E-state index contributed by atoms with van der Waals surface area (Å²) in [5, 5.41) is 6.62. The molecular weight excluding hydrogens is 262 g/mol. The van der Waals surface area contributed by atoms with Crippen LogP contribution in [0.15, 0.2) is 34.3 Å². The maximum Gasteiger partial charge on any atom is 0.271 e. The molecule has 2 amide bonds. The zero-order valence-electron chi connectivity index (χ0n) is 10.6. The number of rotatable bonds is 4. The van der Waals surface area contributed by atoms with Gasteiger partial charge in [0.1, 0.15) is 5.71 Å². The number of amides is 2. The molecule has 2 rings (SSSR count). The largest absolute Gasteiger partial charge is 0.320 e. The van der Waals surface area contributed by atoms with Crippen LogP contribution in [0.1, 0.15) is 19.8 Å². The minimum atomic E-state index is -0.260. The van der Waals surface area contributed by atoms with E-state index in [-0.39, 0.29) is 11.8 Å². The Balaban J connectivity index is 2.08. The van der Waals surface area contributed by atoms with Crippen molar-refractivity contribution in [3.8, 4) is 0 Å². The summed E-state index contributed by atoms with van der Waals surface area (Å²) in [7, 11) is 0. The molecule has 0 bridgehead atoms. The highest BCUT2D eigenvalue weighted by atomic mass is 32.2. The van der Waals surface area contributed by atoms with E-state index in [1.54, 1.807) is 11.8 Å². The van der Waals surface area contributed by atoms with Crippen LogP contribution in [0.5, 0.6) is 0 Å². The van der Waals surface area contributed by atoms with Gasteiger partial charge in [-0.15, -0.1) is 11.8 Å². The van der Waals surface area contributed by atoms with E-state index in [0.29, 0.717) is 18.6 Å². The number of thioether (sulfide) groups is 1. The van der Waals surface area contributed by atoms with E-state index in [4.69, 9.17) is 0 Å². The second kappa shape index (κ2) is 6.38. The standard InChI is InChI=1S/C13H15N3O2S/c1-2-19-11-6-4-3-5-9(11)14-13(18)10-7-8-12(17)16-15-10/h3-6H,2,7-8H2,1H3,(H,14,18)(H,16,17). The van der Waals surface area contributed by atoms with Gasteiger partial charge in [0.05, 0.1) is 5.69 Å². The fourth-order valence-corrected chi connectivity index (χ4v) is 2.44. The molecule has 0 radical (unpaired) electrons. The normalized spacial score (nSPS) is 14.6. The summed E-state index contributed by atoms with van der Waals surface area (Å²) in [6.45, 7) is 2.06. The molecular formula is C13H15N3O2S. The fourth-order valence-electron chi connectivity index (χ4n) is 1.68. The van der Waals surface area contributed by atoms with Gasteiger partial charge in [-0.1, -0.05) is 19.1 Å². The third-order valence-electron chi connectivity index (χ3n) is 2.60. The van der Waals surface area contributed by atoms with Gasteiger partial charge in [-0.05, 0) is 17.9 Å². The predicted molar refractivity (Wildman–Crippen MR) is 76.3 cm³/mol. The van der Waals surface area contributed by atoms with Gasteiger partial charge in [0.15, 0.2) is 0 Å². The topological polar surface area (TPSA) is 70.6 Å². The number of para-hydroxylation sites is 1. The van der Waals surface area contributed by atoms with Crippen molar-refractivity contribution in [1.29, 1.82) is 0 Å². The number of anilines is 1. The summed E-state index contributed by atoms with van der Waals surface area (Å²) >= 11 is 1.67. The van der Waals surface area contributed by atoms with Crippen molar-refractivity contribution in [2.45, 2.75) is 24.7 Å². The Kier molecular flexibility index (Phi) is 4.57. The lowest BCUT2D eigenvalue weighted by Crippen LogP contribution is -2.32. The SMILES string of the molecule is CCSc1ccccc1NC(=O)C1=NNC(=O)CC1. The van der Waals surface area contributed by atoms with Crippen molar-refractivity contribution in [2.75, 3.05) is 11.1 Å². The lowest BCUT2D eigenvalue weighted by Gasteiger charge is -2.13. The summed E-state index contributed by atoms with van der Waals surface area (Å²) in [4.78, 5) is 24.0. The van der Waals surface area contributed by atoms with Crippen LogP contribution < -0.4 is 10.7 Å². The number of carbonyl (C=O) groups is 2. The number of hydrogen-bond acceptors (Lipinski definition) is 4. The molecule has 0 unspecified atom stereocenters. The van der Waals surface area contributed by atoms with E-state index in [0.717, 1.165) is 16.3 Å². The van der Waals surface area contributed by atoms with E-state index in [1.165, 1.54) is 0 Å². The van der Waals surface area contributed by atoms with Gasteiger partial charge in [0, 0.05) is 17.7 Å². The highest BCUT2D eigenvalue weighted by Gasteiger charge is 2.18. The molecule has 1 aromatic rings. The second-order valence-electron chi connectivity index (χ2n) is 3.98.